The molecular formula is C37H53NO6. The van der Waals surface area contributed by atoms with Crippen molar-refractivity contribution in [2.75, 3.05) is 26.4 Å². The van der Waals surface area contributed by atoms with E-state index in [1.165, 1.54) is 11.1 Å². The van der Waals surface area contributed by atoms with Crippen LogP contribution in [0.25, 0.3) is 0 Å². The van der Waals surface area contributed by atoms with Crippen LogP contribution in [0.4, 0.5) is 0 Å². The smallest absolute Gasteiger partial charge is 0.306 e. The first-order valence-corrected chi connectivity index (χ1v) is 16.8. The van der Waals surface area contributed by atoms with Gasteiger partial charge in [-0.25, -0.2) is 0 Å². The minimum absolute atomic E-state index is 0.0266. The summed E-state index contributed by atoms with van der Waals surface area (Å²) in [6.07, 6.45) is 9.04. The Balaban J connectivity index is 1.77. The van der Waals surface area contributed by atoms with Gasteiger partial charge in [0, 0.05) is 19.5 Å². The Morgan fingerprint density at radius 1 is 0.841 bits per heavy atom. The number of carbonyl (C=O) groups excluding carboxylic acids is 3. The zero-order chi connectivity index (χ0) is 31.6. The predicted molar refractivity (Wildman–Crippen MR) is 173 cm³/mol. The molecule has 2 aromatic carbocycles. The van der Waals surface area contributed by atoms with Crippen LogP contribution < -0.4 is 4.74 Å². The van der Waals surface area contributed by atoms with E-state index in [0.29, 0.717) is 32.8 Å². The van der Waals surface area contributed by atoms with Gasteiger partial charge in [0.25, 0.3) is 0 Å². The molecule has 1 unspecified atom stereocenters. The second-order valence-corrected chi connectivity index (χ2v) is 12.0. The average molecular weight is 608 g/mol. The highest BCUT2D eigenvalue weighted by atomic mass is 16.5. The molecule has 1 aliphatic rings. The zero-order valence-corrected chi connectivity index (χ0v) is 27.2. The van der Waals surface area contributed by atoms with Crippen LogP contribution in [0, 0.1) is 5.92 Å². The van der Waals surface area contributed by atoms with Gasteiger partial charge in [-0.2, -0.15) is 0 Å². The third-order valence-electron chi connectivity index (χ3n) is 8.22. The molecule has 1 atom stereocenters. The Morgan fingerprint density at radius 3 is 2.11 bits per heavy atom. The van der Waals surface area contributed by atoms with Gasteiger partial charge in [0.15, 0.2) is 0 Å². The molecule has 1 amide bonds. The molecule has 0 saturated carbocycles. The van der Waals surface area contributed by atoms with Gasteiger partial charge >= 0.3 is 11.9 Å². The van der Waals surface area contributed by atoms with Crippen LogP contribution in [-0.4, -0.2) is 49.1 Å². The van der Waals surface area contributed by atoms with E-state index in [2.05, 4.69) is 19.1 Å². The fourth-order valence-electron chi connectivity index (χ4n) is 5.69. The van der Waals surface area contributed by atoms with Gasteiger partial charge in [-0.05, 0) is 79.2 Å². The van der Waals surface area contributed by atoms with Crippen LogP contribution in [0.5, 0.6) is 5.75 Å². The summed E-state index contributed by atoms with van der Waals surface area (Å²) in [6, 6.07) is 16.2. The van der Waals surface area contributed by atoms with E-state index in [0.717, 1.165) is 69.1 Å². The summed E-state index contributed by atoms with van der Waals surface area (Å²) in [7, 11) is 0. The number of benzene rings is 2. The Labute approximate surface area is 264 Å². The molecule has 0 spiro atoms. The standard InChI is InChI=1S/C37H53NO6/c1-4-7-20-42-33-18-19-34-31(25-33)16-13-17-32(34)26-35(39)38(27-29-14-11-10-12-15-29)28-30(23-36(40)43-21-8-5-2)24-37(41)44-22-9-6-3/h10-12,14-15,18-19,25,30,32H,4-9,13,16-17,20-24,26-28H2,1-3H3. The molecule has 7 heteroatoms. The summed E-state index contributed by atoms with van der Waals surface area (Å²) >= 11 is 0. The van der Waals surface area contributed by atoms with Crippen molar-refractivity contribution in [3.8, 4) is 5.75 Å². The minimum atomic E-state index is -0.396. The lowest BCUT2D eigenvalue weighted by Crippen LogP contribution is -2.37. The zero-order valence-electron chi connectivity index (χ0n) is 27.2. The highest BCUT2D eigenvalue weighted by molar-refractivity contribution is 5.78. The molecular weight excluding hydrogens is 554 g/mol. The van der Waals surface area contributed by atoms with Crippen molar-refractivity contribution in [2.24, 2.45) is 5.92 Å². The lowest BCUT2D eigenvalue weighted by atomic mass is 9.80. The topological polar surface area (TPSA) is 82.1 Å². The normalized spacial score (nSPS) is 14.1. The monoisotopic (exact) mass is 607 g/mol. The third kappa shape index (κ3) is 12.3. The Morgan fingerprint density at radius 2 is 1.48 bits per heavy atom. The first-order chi connectivity index (χ1) is 21.4. The number of amides is 1. The number of aryl methyl sites for hydroxylation is 1. The van der Waals surface area contributed by atoms with Crippen LogP contribution in [0.15, 0.2) is 48.5 Å². The van der Waals surface area contributed by atoms with Crippen LogP contribution in [0.2, 0.25) is 0 Å². The second kappa shape index (κ2) is 19.8. The summed E-state index contributed by atoms with van der Waals surface area (Å²) in [6.45, 7) is 8.37. The first-order valence-electron chi connectivity index (χ1n) is 16.8. The molecule has 0 fully saturated rings. The minimum Gasteiger partial charge on any atom is -0.494 e. The molecule has 3 rings (SSSR count). The van der Waals surface area contributed by atoms with Gasteiger partial charge in [-0.1, -0.05) is 76.4 Å². The van der Waals surface area contributed by atoms with Crippen molar-refractivity contribution < 1.29 is 28.6 Å². The number of nitrogens with zero attached hydrogens (tertiary/aromatic N) is 1. The Kier molecular flexibility index (Phi) is 15.8. The Bertz CT molecular complexity index is 1130. The number of rotatable bonds is 20. The maximum atomic E-state index is 14.1. The molecule has 0 saturated heterocycles. The summed E-state index contributed by atoms with van der Waals surface area (Å²) in [5, 5.41) is 0. The number of carbonyl (C=O) groups is 3. The van der Waals surface area contributed by atoms with Crippen molar-refractivity contribution in [3.05, 3.63) is 65.2 Å². The van der Waals surface area contributed by atoms with Gasteiger partial charge in [0.1, 0.15) is 5.75 Å². The number of ether oxygens (including phenoxy) is 3. The van der Waals surface area contributed by atoms with Crippen LogP contribution in [0.3, 0.4) is 0 Å². The average Bonchev–Trinajstić information content (AvgIpc) is 3.01. The van der Waals surface area contributed by atoms with Crippen LogP contribution in [0.1, 0.15) is 114 Å². The van der Waals surface area contributed by atoms with Gasteiger partial charge in [-0.3, -0.25) is 14.4 Å². The maximum absolute atomic E-state index is 14.1. The molecule has 2 aromatic rings. The number of hydrogen-bond acceptors (Lipinski definition) is 6. The predicted octanol–water partition coefficient (Wildman–Crippen LogP) is 7.79. The lowest BCUT2D eigenvalue weighted by Gasteiger charge is -2.31. The summed E-state index contributed by atoms with van der Waals surface area (Å²) in [4.78, 5) is 41.4. The van der Waals surface area contributed by atoms with Crippen LogP contribution >= 0.6 is 0 Å². The molecule has 0 bridgehead atoms. The van der Waals surface area contributed by atoms with Crippen LogP contribution in [-0.2, 0) is 36.8 Å². The van der Waals surface area contributed by atoms with E-state index in [-0.39, 0.29) is 43.2 Å². The van der Waals surface area contributed by atoms with Gasteiger partial charge < -0.3 is 19.1 Å². The SMILES string of the molecule is CCCCOC(=O)CC(CC(=O)OCCCC)CN(Cc1ccccc1)C(=O)CC1CCCc2cc(OCCCC)ccc21. The fourth-order valence-corrected chi connectivity index (χ4v) is 5.69. The Hall–Kier alpha value is -3.35. The van der Waals surface area contributed by atoms with Gasteiger partial charge in [0.05, 0.1) is 32.7 Å². The van der Waals surface area contributed by atoms with E-state index >= 15 is 0 Å². The van der Waals surface area contributed by atoms with Gasteiger partial charge in [-0.15, -0.1) is 0 Å². The van der Waals surface area contributed by atoms with E-state index in [1.54, 1.807) is 0 Å². The van der Waals surface area contributed by atoms with E-state index in [4.69, 9.17) is 14.2 Å². The molecule has 0 radical (unpaired) electrons. The summed E-state index contributed by atoms with van der Waals surface area (Å²) in [5.74, 6) is -0.0312. The largest absolute Gasteiger partial charge is 0.494 e. The van der Waals surface area contributed by atoms with E-state index < -0.39 is 5.92 Å². The molecule has 0 aromatic heterocycles. The van der Waals surface area contributed by atoms with E-state index in [1.807, 2.05) is 55.1 Å². The highest BCUT2D eigenvalue weighted by Crippen LogP contribution is 2.36. The lowest BCUT2D eigenvalue weighted by molar-refractivity contribution is -0.149. The number of esters is 2. The molecule has 1 aliphatic carbocycles. The van der Waals surface area contributed by atoms with Crippen molar-refractivity contribution in [2.45, 2.75) is 110 Å². The van der Waals surface area contributed by atoms with E-state index in [9.17, 15) is 14.4 Å². The number of unbranched alkanes of at least 4 members (excludes halogenated alkanes) is 3. The number of fused-ring (bicyclic) bond motifs is 1. The van der Waals surface area contributed by atoms with Crippen molar-refractivity contribution in [1.29, 1.82) is 0 Å². The molecule has 44 heavy (non-hydrogen) atoms. The molecule has 0 aliphatic heterocycles. The molecule has 7 nitrogen and oxygen atoms in total. The van der Waals surface area contributed by atoms with Crippen molar-refractivity contribution >= 4 is 17.8 Å². The van der Waals surface area contributed by atoms with Gasteiger partial charge in [0.2, 0.25) is 5.91 Å². The van der Waals surface area contributed by atoms with Crippen molar-refractivity contribution in [3.63, 3.8) is 0 Å². The quantitative estimate of drug-likeness (QED) is 0.113. The third-order valence-corrected chi connectivity index (χ3v) is 8.22. The summed E-state index contributed by atoms with van der Waals surface area (Å²) in [5.41, 5.74) is 3.50. The molecule has 0 heterocycles. The molecule has 0 N–H and O–H groups in total. The molecule has 242 valence electrons. The van der Waals surface area contributed by atoms with Crippen molar-refractivity contribution in [1.82, 2.24) is 4.90 Å². The summed E-state index contributed by atoms with van der Waals surface area (Å²) < 4.78 is 16.9. The fraction of sp³-hybridized carbons (Fsp3) is 0.595. The number of hydrogen-bond donors (Lipinski definition) is 0. The second-order valence-electron chi connectivity index (χ2n) is 12.0. The first kappa shape index (κ1) is 35.1. The maximum Gasteiger partial charge on any atom is 0.306 e. The highest BCUT2D eigenvalue weighted by Gasteiger charge is 2.29.